The average molecular weight is 467 g/mol. The molecule has 1 heterocycles. The molecule has 0 aliphatic carbocycles. The highest BCUT2D eigenvalue weighted by molar-refractivity contribution is 6.36. The van der Waals surface area contributed by atoms with E-state index in [0.29, 0.717) is 61.1 Å². The Kier molecular flexibility index (Phi) is 9.10. The summed E-state index contributed by atoms with van der Waals surface area (Å²) < 4.78 is 16.8. The topological polar surface area (TPSA) is 77.1 Å². The van der Waals surface area contributed by atoms with Crippen LogP contribution in [0.25, 0.3) is 5.57 Å². The molecular weight excluding hydrogens is 432 g/mol. The predicted molar refractivity (Wildman–Crippen MR) is 133 cm³/mol. The number of imide groups is 1. The minimum atomic E-state index is -0.348. The Morgan fingerprint density at radius 2 is 1.71 bits per heavy atom. The highest BCUT2D eigenvalue weighted by Crippen LogP contribution is 2.32. The van der Waals surface area contributed by atoms with Gasteiger partial charge in [-0.1, -0.05) is 25.1 Å². The van der Waals surface area contributed by atoms with Crippen LogP contribution in [-0.4, -0.2) is 49.2 Å². The summed E-state index contributed by atoms with van der Waals surface area (Å²) in [6.07, 6.45) is 1.51. The lowest BCUT2D eigenvalue weighted by atomic mass is 10.0. The molecule has 0 fully saturated rings. The SMILES string of the molecule is CCCOc1cccc(NC2=C(c3ccc(OC(C)C)cc3)C(=O)N(CCCOCC)C2=O)c1. The van der Waals surface area contributed by atoms with E-state index in [1.54, 1.807) is 0 Å². The molecule has 3 rings (SSSR count). The van der Waals surface area contributed by atoms with E-state index in [9.17, 15) is 9.59 Å². The molecule has 7 heteroatoms. The predicted octanol–water partition coefficient (Wildman–Crippen LogP) is 4.88. The van der Waals surface area contributed by atoms with Crippen LogP contribution >= 0.6 is 0 Å². The van der Waals surface area contributed by atoms with Gasteiger partial charge in [-0.25, -0.2) is 0 Å². The van der Waals surface area contributed by atoms with Crippen molar-refractivity contribution in [1.29, 1.82) is 0 Å². The van der Waals surface area contributed by atoms with E-state index in [2.05, 4.69) is 5.32 Å². The molecule has 34 heavy (non-hydrogen) atoms. The summed E-state index contributed by atoms with van der Waals surface area (Å²) in [5, 5.41) is 3.19. The molecule has 0 unspecified atom stereocenters. The number of benzene rings is 2. The molecule has 2 aromatic carbocycles. The Bertz CT molecular complexity index is 1010. The van der Waals surface area contributed by atoms with Gasteiger partial charge in [0.05, 0.1) is 18.3 Å². The first-order valence-corrected chi connectivity index (χ1v) is 11.9. The molecule has 0 aromatic heterocycles. The number of anilines is 1. The second-order valence-corrected chi connectivity index (χ2v) is 8.25. The lowest BCUT2D eigenvalue weighted by Crippen LogP contribution is -2.34. The Hall–Kier alpha value is -3.32. The van der Waals surface area contributed by atoms with Gasteiger partial charge in [-0.05, 0) is 63.4 Å². The van der Waals surface area contributed by atoms with E-state index in [1.807, 2.05) is 76.2 Å². The van der Waals surface area contributed by atoms with Crippen LogP contribution in [0, 0.1) is 0 Å². The first-order chi connectivity index (χ1) is 16.4. The number of nitrogens with one attached hydrogen (secondary N) is 1. The molecule has 0 saturated heterocycles. The van der Waals surface area contributed by atoms with Gasteiger partial charge in [0, 0.05) is 31.5 Å². The van der Waals surface area contributed by atoms with E-state index in [4.69, 9.17) is 14.2 Å². The molecule has 7 nitrogen and oxygen atoms in total. The number of rotatable bonds is 13. The monoisotopic (exact) mass is 466 g/mol. The molecule has 1 aliphatic heterocycles. The van der Waals surface area contributed by atoms with Gasteiger partial charge in [0.2, 0.25) is 0 Å². The summed E-state index contributed by atoms with van der Waals surface area (Å²) in [5.41, 5.74) is 1.93. The van der Waals surface area contributed by atoms with Crippen LogP contribution < -0.4 is 14.8 Å². The van der Waals surface area contributed by atoms with Crippen molar-refractivity contribution in [3.8, 4) is 11.5 Å². The summed E-state index contributed by atoms with van der Waals surface area (Å²) >= 11 is 0. The van der Waals surface area contributed by atoms with Crippen molar-refractivity contribution in [3.63, 3.8) is 0 Å². The third-order valence-corrected chi connectivity index (χ3v) is 5.13. The summed E-state index contributed by atoms with van der Waals surface area (Å²) in [4.78, 5) is 28.0. The maximum atomic E-state index is 13.4. The van der Waals surface area contributed by atoms with Gasteiger partial charge in [0.1, 0.15) is 17.2 Å². The summed E-state index contributed by atoms with van der Waals surface area (Å²) in [7, 11) is 0. The van der Waals surface area contributed by atoms with E-state index in [1.165, 1.54) is 4.90 Å². The van der Waals surface area contributed by atoms with Gasteiger partial charge in [0.25, 0.3) is 11.8 Å². The van der Waals surface area contributed by atoms with E-state index >= 15 is 0 Å². The molecule has 0 bridgehead atoms. The lowest BCUT2D eigenvalue weighted by molar-refractivity contribution is -0.137. The molecule has 2 aromatic rings. The van der Waals surface area contributed by atoms with Crippen LogP contribution in [-0.2, 0) is 14.3 Å². The fourth-order valence-corrected chi connectivity index (χ4v) is 3.63. The standard InChI is InChI=1S/C27H34N2O5/c1-5-16-33-23-10-7-9-21(18-23)28-25-24(20-11-13-22(14-12-20)34-19(3)4)26(30)29(27(25)31)15-8-17-32-6-2/h7,9-14,18-19,28H,5-6,8,15-17H2,1-4H3. The van der Waals surface area contributed by atoms with Crippen molar-refractivity contribution in [2.75, 3.05) is 31.7 Å². The van der Waals surface area contributed by atoms with Gasteiger partial charge < -0.3 is 19.5 Å². The largest absolute Gasteiger partial charge is 0.494 e. The van der Waals surface area contributed by atoms with E-state index in [-0.39, 0.29) is 23.6 Å². The second-order valence-electron chi connectivity index (χ2n) is 8.25. The highest BCUT2D eigenvalue weighted by Gasteiger charge is 2.38. The van der Waals surface area contributed by atoms with Crippen molar-refractivity contribution < 1.29 is 23.8 Å². The smallest absolute Gasteiger partial charge is 0.278 e. The van der Waals surface area contributed by atoms with E-state index < -0.39 is 0 Å². The first kappa shape index (κ1) is 25.3. The van der Waals surface area contributed by atoms with Gasteiger partial charge in [-0.15, -0.1) is 0 Å². The second kappa shape index (κ2) is 12.2. The zero-order valence-electron chi connectivity index (χ0n) is 20.4. The molecule has 182 valence electrons. The molecule has 0 atom stereocenters. The number of ether oxygens (including phenoxy) is 3. The Balaban J connectivity index is 1.91. The summed E-state index contributed by atoms with van der Waals surface area (Å²) in [6, 6.07) is 14.6. The maximum absolute atomic E-state index is 13.4. The number of hydrogen-bond donors (Lipinski definition) is 1. The Labute approximate surface area is 201 Å². The van der Waals surface area contributed by atoms with Gasteiger partial charge >= 0.3 is 0 Å². The third-order valence-electron chi connectivity index (χ3n) is 5.13. The van der Waals surface area contributed by atoms with Crippen LogP contribution in [0.2, 0.25) is 0 Å². The van der Waals surface area contributed by atoms with E-state index in [0.717, 1.165) is 6.42 Å². The molecule has 0 radical (unpaired) electrons. The molecule has 0 spiro atoms. The van der Waals surface area contributed by atoms with Crippen molar-refractivity contribution in [1.82, 2.24) is 4.90 Å². The highest BCUT2D eigenvalue weighted by atomic mass is 16.5. The van der Waals surface area contributed by atoms with Crippen LogP contribution in [0.4, 0.5) is 5.69 Å². The molecule has 1 N–H and O–H groups in total. The van der Waals surface area contributed by atoms with Crippen molar-refractivity contribution in [2.45, 2.75) is 46.6 Å². The minimum absolute atomic E-state index is 0.0417. The van der Waals surface area contributed by atoms with Crippen LogP contribution in [0.15, 0.2) is 54.2 Å². The first-order valence-electron chi connectivity index (χ1n) is 11.9. The fraction of sp³-hybridized carbons (Fsp3) is 0.407. The molecule has 2 amide bonds. The number of carbonyl (C=O) groups is 2. The van der Waals surface area contributed by atoms with Gasteiger partial charge in [-0.3, -0.25) is 14.5 Å². The average Bonchev–Trinajstić information content (AvgIpc) is 3.05. The normalized spacial score (nSPS) is 13.7. The van der Waals surface area contributed by atoms with Crippen molar-refractivity contribution in [3.05, 3.63) is 59.8 Å². The fourth-order valence-electron chi connectivity index (χ4n) is 3.63. The third kappa shape index (κ3) is 6.38. The Morgan fingerprint density at radius 3 is 2.38 bits per heavy atom. The molecule has 1 aliphatic rings. The van der Waals surface area contributed by atoms with Crippen LogP contribution in [0.1, 0.15) is 46.1 Å². The zero-order valence-corrected chi connectivity index (χ0v) is 20.4. The summed E-state index contributed by atoms with van der Waals surface area (Å²) in [5.74, 6) is 0.744. The quantitative estimate of drug-likeness (QED) is 0.335. The molecule has 0 saturated carbocycles. The zero-order chi connectivity index (χ0) is 24.5. The van der Waals surface area contributed by atoms with Gasteiger partial charge in [-0.2, -0.15) is 0 Å². The Morgan fingerprint density at radius 1 is 0.941 bits per heavy atom. The van der Waals surface area contributed by atoms with Crippen LogP contribution in [0.3, 0.4) is 0 Å². The minimum Gasteiger partial charge on any atom is -0.494 e. The number of nitrogens with zero attached hydrogens (tertiary/aromatic N) is 1. The number of hydrogen-bond acceptors (Lipinski definition) is 6. The van der Waals surface area contributed by atoms with Gasteiger partial charge in [0.15, 0.2) is 0 Å². The number of amides is 2. The van der Waals surface area contributed by atoms with Crippen LogP contribution in [0.5, 0.6) is 11.5 Å². The summed E-state index contributed by atoms with van der Waals surface area (Å²) in [6.45, 7) is 9.85. The lowest BCUT2D eigenvalue weighted by Gasteiger charge is -2.15. The number of carbonyl (C=O) groups excluding carboxylic acids is 2. The molecular formula is C27H34N2O5. The van der Waals surface area contributed by atoms with Crippen molar-refractivity contribution >= 4 is 23.1 Å². The van der Waals surface area contributed by atoms with Crippen molar-refractivity contribution in [2.24, 2.45) is 0 Å². The maximum Gasteiger partial charge on any atom is 0.278 e.